The van der Waals surface area contributed by atoms with E-state index in [-0.39, 0.29) is 18.9 Å². The molecule has 1 aromatic carbocycles. The van der Waals surface area contributed by atoms with Crippen LogP contribution in [0.15, 0.2) is 54.8 Å². The second-order valence-electron chi connectivity index (χ2n) is 4.92. The molecule has 1 amide bonds. The van der Waals surface area contributed by atoms with Crippen LogP contribution in [0.2, 0.25) is 0 Å². The molecule has 1 aromatic rings. The van der Waals surface area contributed by atoms with E-state index >= 15 is 0 Å². The number of carbonyl (C=O) groups excluding carboxylic acids is 3. The number of dihydropyridines is 1. The van der Waals surface area contributed by atoms with Gasteiger partial charge in [0.25, 0.3) is 5.78 Å². The van der Waals surface area contributed by atoms with E-state index in [1.54, 1.807) is 24.4 Å². The van der Waals surface area contributed by atoms with Crippen LogP contribution < -0.4 is 10.6 Å². The van der Waals surface area contributed by atoms with Crippen LogP contribution in [0.5, 0.6) is 0 Å². The first-order chi connectivity index (χ1) is 11.1. The van der Waals surface area contributed by atoms with Crippen LogP contribution in [0.4, 0.5) is 0 Å². The Bertz CT molecular complexity index is 623. The Hall–Kier alpha value is -2.89. The van der Waals surface area contributed by atoms with Gasteiger partial charge in [-0.3, -0.25) is 9.59 Å². The molecular formula is C17H18N2O4. The fourth-order valence-corrected chi connectivity index (χ4v) is 1.92. The Morgan fingerprint density at radius 1 is 1.13 bits per heavy atom. The summed E-state index contributed by atoms with van der Waals surface area (Å²) in [4.78, 5) is 34.9. The number of aryl methyl sites for hydroxylation is 1. The number of nitrogens with one attached hydrogen (secondary N) is 2. The maximum absolute atomic E-state index is 11.7. The molecule has 1 heterocycles. The van der Waals surface area contributed by atoms with Gasteiger partial charge in [-0.2, -0.15) is 0 Å². The van der Waals surface area contributed by atoms with Gasteiger partial charge in [0.15, 0.2) is 6.23 Å². The Morgan fingerprint density at radius 3 is 2.61 bits per heavy atom. The Kier molecular flexibility index (Phi) is 6.11. The minimum absolute atomic E-state index is 0.254. The summed E-state index contributed by atoms with van der Waals surface area (Å²) in [6.45, 7) is -0.362. The fraction of sp³-hybridized carbons (Fsp3) is 0.235. The first-order valence-corrected chi connectivity index (χ1v) is 7.29. The van der Waals surface area contributed by atoms with E-state index in [2.05, 4.69) is 10.6 Å². The molecule has 23 heavy (non-hydrogen) atoms. The minimum atomic E-state index is -0.981. The van der Waals surface area contributed by atoms with Crippen LogP contribution in [0.1, 0.15) is 12.0 Å². The van der Waals surface area contributed by atoms with Gasteiger partial charge in [-0.05, 0) is 30.3 Å². The van der Waals surface area contributed by atoms with E-state index in [1.807, 2.05) is 30.3 Å². The summed E-state index contributed by atoms with van der Waals surface area (Å²) in [5.41, 5.74) is 1.04. The van der Waals surface area contributed by atoms with Gasteiger partial charge in [0, 0.05) is 6.42 Å². The number of amides is 1. The first-order valence-electron chi connectivity index (χ1n) is 7.29. The summed E-state index contributed by atoms with van der Waals surface area (Å²) in [5, 5.41) is 5.19. The van der Waals surface area contributed by atoms with Crippen molar-refractivity contribution in [2.45, 2.75) is 19.1 Å². The van der Waals surface area contributed by atoms with Crippen LogP contribution in [-0.2, 0) is 25.5 Å². The first kappa shape index (κ1) is 16.5. The maximum atomic E-state index is 11.7. The predicted octanol–water partition coefficient (Wildman–Crippen LogP) is 0.847. The lowest BCUT2D eigenvalue weighted by Crippen LogP contribution is -2.38. The lowest BCUT2D eigenvalue weighted by atomic mass is 10.1. The highest BCUT2D eigenvalue weighted by Crippen LogP contribution is 2.02. The van der Waals surface area contributed by atoms with Gasteiger partial charge >= 0.3 is 5.97 Å². The van der Waals surface area contributed by atoms with Gasteiger partial charge in [0.05, 0.1) is 6.54 Å². The van der Waals surface area contributed by atoms with Gasteiger partial charge in [0.1, 0.15) is 0 Å². The number of esters is 1. The predicted molar refractivity (Wildman–Crippen MR) is 84.1 cm³/mol. The summed E-state index contributed by atoms with van der Waals surface area (Å²) in [6.07, 6.45) is 6.81. The molecule has 6 nitrogen and oxygen atoms in total. The summed E-state index contributed by atoms with van der Waals surface area (Å²) in [6, 6.07) is 9.55. The van der Waals surface area contributed by atoms with Crippen molar-refractivity contribution in [3.8, 4) is 0 Å². The molecule has 120 valence electrons. The van der Waals surface area contributed by atoms with Crippen LogP contribution in [0.3, 0.4) is 0 Å². The molecule has 0 fully saturated rings. The molecule has 6 heteroatoms. The number of hydrogen-bond acceptors (Lipinski definition) is 5. The number of hydrogen-bond donors (Lipinski definition) is 2. The number of ether oxygens (including phenoxy) is 1. The number of rotatable bonds is 7. The van der Waals surface area contributed by atoms with E-state index in [0.29, 0.717) is 6.42 Å². The third-order valence-electron chi connectivity index (χ3n) is 3.15. The van der Waals surface area contributed by atoms with Crippen molar-refractivity contribution in [3.05, 3.63) is 60.3 Å². The van der Waals surface area contributed by atoms with Crippen LogP contribution in [0.25, 0.3) is 0 Å². The molecule has 0 aliphatic carbocycles. The van der Waals surface area contributed by atoms with Gasteiger partial charge in [-0.1, -0.05) is 36.4 Å². The minimum Gasteiger partial charge on any atom is -0.432 e. The number of Topliss-reactive ketones (excluding diaryl/α,β-unsaturated/α-hetero) is 1. The zero-order chi connectivity index (χ0) is 16.5. The lowest BCUT2D eigenvalue weighted by Gasteiger charge is -2.15. The van der Waals surface area contributed by atoms with E-state index < -0.39 is 18.0 Å². The third-order valence-corrected chi connectivity index (χ3v) is 3.15. The van der Waals surface area contributed by atoms with E-state index in [1.165, 1.54) is 0 Å². The highest BCUT2D eigenvalue weighted by atomic mass is 16.6. The molecule has 0 aromatic heterocycles. The largest absolute Gasteiger partial charge is 0.432 e. The highest BCUT2D eigenvalue weighted by molar-refractivity contribution is 6.34. The number of benzene rings is 1. The van der Waals surface area contributed by atoms with Gasteiger partial charge in [-0.25, -0.2) is 4.79 Å². The lowest BCUT2D eigenvalue weighted by molar-refractivity contribution is -0.156. The normalized spacial score (nSPS) is 15.6. The molecule has 1 atom stereocenters. The van der Waals surface area contributed by atoms with Crippen molar-refractivity contribution in [1.82, 2.24) is 10.6 Å². The highest BCUT2D eigenvalue weighted by Gasteiger charge is 2.19. The molecule has 0 saturated heterocycles. The fourth-order valence-electron chi connectivity index (χ4n) is 1.92. The monoisotopic (exact) mass is 314 g/mol. The molecule has 2 rings (SSSR count). The average Bonchev–Trinajstić information content (AvgIpc) is 2.59. The maximum Gasteiger partial charge on any atom is 0.378 e. The van der Waals surface area contributed by atoms with Gasteiger partial charge < -0.3 is 15.4 Å². The van der Waals surface area contributed by atoms with Crippen molar-refractivity contribution in [3.63, 3.8) is 0 Å². The smallest absolute Gasteiger partial charge is 0.378 e. The van der Waals surface area contributed by atoms with E-state index in [4.69, 9.17) is 4.74 Å². The topological polar surface area (TPSA) is 84.5 Å². The van der Waals surface area contributed by atoms with Crippen molar-refractivity contribution < 1.29 is 19.1 Å². The van der Waals surface area contributed by atoms with Gasteiger partial charge in [0.2, 0.25) is 5.91 Å². The second-order valence-corrected chi connectivity index (χ2v) is 4.92. The molecule has 0 bridgehead atoms. The molecule has 0 spiro atoms. The van der Waals surface area contributed by atoms with E-state index in [0.717, 1.165) is 5.56 Å². The molecule has 1 unspecified atom stereocenters. The Labute approximate surface area is 134 Å². The van der Waals surface area contributed by atoms with Crippen molar-refractivity contribution in [1.29, 1.82) is 0 Å². The van der Waals surface area contributed by atoms with E-state index in [9.17, 15) is 14.4 Å². The second kappa shape index (κ2) is 8.53. The molecule has 1 aliphatic rings. The average molecular weight is 314 g/mol. The molecule has 2 N–H and O–H groups in total. The zero-order valence-corrected chi connectivity index (χ0v) is 12.5. The van der Waals surface area contributed by atoms with Crippen LogP contribution >= 0.6 is 0 Å². The number of ketones is 1. The summed E-state index contributed by atoms with van der Waals surface area (Å²) < 4.78 is 4.93. The summed E-state index contributed by atoms with van der Waals surface area (Å²) in [7, 11) is 0. The number of carbonyl (C=O) groups is 3. The molecular weight excluding hydrogens is 296 g/mol. The molecule has 0 saturated carbocycles. The van der Waals surface area contributed by atoms with Crippen LogP contribution in [0, 0.1) is 0 Å². The molecule has 1 aliphatic heterocycles. The summed E-state index contributed by atoms with van der Waals surface area (Å²) in [5.74, 6) is -2.05. The quantitative estimate of drug-likeness (QED) is 0.576. The Balaban J connectivity index is 1.66. The van der Waals surface area contributed by atoms with Crippen molar-refractivity contribution >= 4 is 17.7 Å². The van der Waals surface area contributed by atoms with Crippen molar-refractivity contribution in [2.24, 2.45) is 0 Å². The molecule has 0 radical (unpaired) electrons. The number of allylic oxidation sites excluding steroid dienone is 2. The van der Waals surface area contributed by atoms with Gasteiger partial charge in [-0.15, -0.1) is 0 Å². The Morgan fingerprint density at radius 2 is 1.91 bits per heavy atom. The zero-order valence-electron chi connectivity index (χ0n) is 12.5. The van der Waals surface area contributed by atoms with Crippen molar-refractivity contribution in [2.75, 3.05) is 6.54 Å². The third kappa shape index (κ3) is 5.78. The standard InChI is InChI=1S/C17H18N2O4/c20-14(17(22)23-16-8-4-5-11-18-16)12-19-15(21)10-9-13-6-2-1-3-7-13/h1-8,11,16,18H,9-10,12H2,(H,19,21). The summed E-state index contributed by atoms with van der Waals surface area (Å²) >= 11 is 0. The SMILES string of the molecule is O=C(CCc1ccccc1)NCC(=O)C(=O)OC1C=CC=CN1. The van der Waals surface area contributed by atoms with Crippen LogP contribution in [-0.4, -0.2) is 30.4 Å².